The number of halogens is 2. The molecule has 2 rings (SSSR count). The molecule has 21 heavy (non-hydrogen) atoms. The number of aromatic amines is 1. The standard InChI is InChI=1S/C12H10F2N4O2S/c13-6-1-2-8(7(14)3-6)16-11(20)5-21-12-17-9(15)4-10(19)18-12/h1-4H,5H2,(H,16,20)(H3,15,17,18,19). The van der Waals surface area contributed by atoms with Gasteiger partial charge in [0, 0.05) is 12.1 Å². The van der Waals surface area contributed by atoms with Crippen molar-refractivity contribution in [3.05, 3.63) is 46.3 Å². The molecule has 0 unspecified atom stereocenters. The van der Waals surface area contributed by atoms with Gasteiger partial charge in [0.15, 0.2) is 5.16 Å². The van der Waals surface area contributed by atoms with Crippen LogP contribution in [0.4, 0.5) is 20.3 Å². The van der Waals surface area contributed by atoms with Gasteiger partial charge in [-0.3, -0.25) is 9.59 Å². The van der Waals surface area contributed by atoms with Crippen LogP contribution in [0.1, 0.15) is 0 Å². The zero-order chi connectivity index (χ0) is 15.4. The maximum absolute atomic E-state index is 13.3. The molecule has 0 saturated heterocycles. The molecule has 0 spiro atoms. The third-order valence-electron chi connectivity index (χ3n) is 2.28. The van der Waals surface area contributed by atoms with Gasteiger partial charge in [0.25, 0.3) is 5.56 Å². The Labute approximate surface area is 121 Å². The molecule has 0 saturated carbocycles. The Kier molecular flexibility index (Phi) is 4.53. The van der Waals surface area contributed by atoms with E-state index in [-0.39, 0.29) is 22.4 Å². The molecule has 0 atom stereocenters. The number of amides is 1. The summed E-state index contributed by atoms with van der Waals surface area (Å²) < 4.78 is 26.1. The van der Waals surface area contributed by atoms with Crippen molar-refractivity contribution in [3.8, 4) is 0 Å². The number of benzene rings is 1. The number of nitrogens with one attached hydrogen (secondary N) is 2. The molecular weight excluding hydrogens is 302 g/mol. The van der Waals surface area contributed by atoms with Crippen molar-refractivity contribution in [2.45, 2.75) is 5.16 Å². The molecule has 0 aliphatic heterocycles. The van der Waals surface area contributed by atoms with Gasteiger partial charge in [0.1, 0.15) is 17.5 Å². The first-order chi connectivity index (χ1) is 9.94. The van der Waals surface area contributed by atoms with Gasteiger partial charge in [-0.05, 0) is 12.1 Å². The Bertz CT molecular complexity index is 735. The zero-order valence-corrected chi connectivity index (χ0v) is 11.3. The molecule has 1 aromatic heterocycles. The van der Waals surface area contributed by atoms with Crippen molar-refractivity contribution >= 4 is 29.2 Å². The number of carbonyl (C=O) groups is 1. The fourth-order valence-electron chi connectivity index (χ4n) is 1.43. The normalized spacial score (nSPS) is 10.4. The minimum Gasteiger partial charge on any atom is -0.383 e. The third-order valence-corrected chi connectivity index (χ3v) is 3.16. The number of H-pyrrole nitrogens is 1. The summed E-state index contributed by atoms with van der Waals surface area (Å²) in [5.41, 5.74) is 4.83. The van der Waals surface area contributed by atoms with Crippen LogP contribution in [0.3, 0.4) is 0 Å². The monoisotopic (exact) mass is 312 g/mol. The van der Waals surface area contributed by atoms with E-state index in [2.05, 4.69) is 15.3 Å². The second-order valence-electron chi connectivity index (χ2n) is 3.94. The zero-order valence-electron chi connectivity index (χ0n) is 10.5. The topological polar surface area (TPSA) is 101 Å². The lowest BCUT2D eigenvalue weighted by atomic mass is 10.3. The van der Waals surface area contributed by atoms with Crippen LogP contribution in [-0.4, -0.2) is 21.6 Å². The van der Waals surface area contributed by atoms with Gasteiger partial charge < -0.3 is 16.0 Å². The summed E-state index contributed by atoms with van der Waals surface area (Å²) in [6.07, 6.45) is 0. The molecule has 110 valence electrons. The van der Waals surface area contributed by atoms with Crippen LogP contribution in [0.5, 0.6) is 0 Å². The molecule has 2 aromatic rings. The Morgan fingerprint density at radius 2 is 2.14 bits per heavy atom. The van der Waals surface area contributed by atoms with Gasteiger partial charge in [-0.25, -0.2) is 13.8 Å². The summed E-state index contributed by atoms with van der Waals surface area (Å²) in [5.74, 6) is -2.23. The van der Waals surface area contributed by atoms with Crippen molar-refractivity contribution < 1.29 is 13.6 Å². The summed E-state index contributed by atoms with van der Waals surface area (Å²) in [7, 11) is 0. The Morgan fingerprint density at radius 3 is 2.81 bits per heavy atom. The fourth-order valence-corrected chi connectivity index (χ4v) is 2.12. The number of hydrogen-bond donors (Lipinski definition) is 3. The van der Waals surface area contributed by atoms with E-state index in [4.69, 9.17) is 5.73 Å². The summed E-state index contributed by atoms with van der Waals surface area (Å²) in [6.45, 7) is 0. The smallest absolute Gasteiger partial charge is 0.253 e. The highest BCUT2D eigenvalue weighted by Gasteiger charge is 2.09. The first-order valence-corrected chi connectivity index (χ1v) is 6.67. The lowest BCUT2D eigenvalue weighted by molar-refractivity contribution is -0.113. The van der Waals surface area contributed by atoms with E-state index in [1.54, 1.807) is 0 Å². The highest BCUT2D eigenvalue weighted by molar-refractivity contribution is 7.99. The number of hydrogen-bond acceptors (Lipinski definition) is 5. The summed E-state index contributed by atoms with van der Waals surface area (Å²) in [4.78, 5) is 29.0. The van der Waals surface area contributed by atoms with Crippen molar-refractivity contribution in [1.82, 2.24) is 9.97 Å². The van der Waals surface area contributed by atoms with Crippen LogP contribution in [-0.2, 0) is 4.79 Å². The van der Waals surface area contributed by atoms with Crippen LogP contribution in [0, 0.1) is 11.6 Å². The Hall–Kier alpha value is -2.42. The number of nitrogen functional groups attached to an aromatic ring is 1. The number of anilines is 2. The number of nitrogens with two attached hydrogens (primary N) is 1. The third kappa shape index (κ3) is 4.28. The highest BCUT2D eigenvalue weighted by Crippen LogP contribution is 2.16. The highest BCUT2D eigenvalue weighted by atomic mass is 32.2. The Morgan fingerprint density at radius 1 is 1.38 bits per heavy atom. The predicted octanol–water partition coefficient (Wildman–Crippen LogP) is 1.36. The van der Waals surface area contributed by atoms with Crippen molar-refractivity contribution in [1.29, 1.82) is 0 Å². The molecule has 0 aliphatic rings. The summed E-state index contributed by atoms with van der Waals surface area (Å²) >= 11 is 0.930. The van der Waals surface area contributed by atoms with Crippen LogP contribution >= 0.6 is 11.8 Å². The molecule has 0 aliphatic carbocycles. The molecule has 1 aromatic carbocycles. The largest absolute Gasteiger partial charge is 0.383 e. The first-order valence-electron chi connectivity index (χ1n) is 5.68. The molecule has 4 N–H and O–H groups in total. The van der Waals surface area contributed by atoms with Gasteiger partial charge in [0.05, 0.1) is 11.4 Å². The number of thioether (sulfide) groups is 1. The van der Waals surface area contributed by atoms with Gasteiger partial charge in [-0.15, -0.1) is 0 Å². The second-order valence-corrected chi connectivity index (χ2v) is 4.90. The van der Waals surface area contributed by atoms with Crippen LogP contribution in [0.2, 0.25) is 0 Å². The Balaban J connectivity index is 1.97. The lowest BCUT2D eigenvalue weighted by Crippen LogP contribution is -2.16. The van der Waals surface area contributed by atoms with Gasteiger partial charge >= 0.3 is 0 Å². The minimum absolute atomic E-state index is 0.0336. The number of rotatable bonds is 4. The van der Waals surface area contributed by atoms with E-state index in [9.17, 15) is 18.4 Å². The van der Waals surface area contributed by atoms with Crippen LogP contribution in [0.25, 0.3) is 0 Å². The number of nitrogens with zero attached hydrogens (tertiary/aromatic N) is 1. The van der Waals surface area contributed by atoms with E-state index in [1.807, 2.05) is 0 Å². The summed E-state index contributed by atoms with van der Waals surface area (Å²) in [5, 5.41) is 2.46. The number of carbonyl (C=O) groups excluding carboxylic acids is 1. The molecule has 0 bridgehead atoms. The maximum atomic E-state index is 13.3. The first kappa shape index (κ1) is 15.0. The van der Waals surface area contributed by atoms with Crippen molar-refractivity contribution in [2.24, 2.45) is 0 Å². The second kappa shape index (κ2) is 6.35. The fraction of sp³-hybridized carbons (Fsp3) is 0.0833. The number of aromatic nitrogens is 2. The molecule has 0 radical (unpaired) electrons. The lowest BCUT2D eigenvalue weighted by Gasteiger charge is -2.06. The molecule has 6 nitrogen and oxygen atoms in total. The van der Waals surface area contributed by atoms with Gasteiger partial charge in [-0.1, -0.05) is 11.8 Å². The molecule has 0 fully saturated rings. The quantitative estimate of drug-likeness (QED) is 0.584. The average molecular weight is 312 g/mol. The molecular formula is C12H10F2N4O2S. The van der Waals surface area contributed by atoms with Crippen LogP contribution in [0.15, 0.2) is 34.2 Å². The van der Waals surface area contributed by atoms with E-state index >= 15 is 0 Å². The molecule has 1 heterocycles. The van der Waals surface area contributed by atoms with Crippen molar-refractivity contribution in [2.75, 3.05) is 16.8 Å². The average Bonchev–Trinajstić information content (AvgIpc) is 2.39. The SMILES string of the molecule is Nc1cc(=O)[nH]c(SCC(=O)Nc2ccc(F)cc2F)n1. The van der Waals surface area contributed by atoms with E-state index < -0.39 is 23.1 Å². The summed E-state index contributed by atoms with van der Waals surface area (Å²) in [6, 6.07) is 3.92. The molecule has 9 heteroatoms. The van der Waals surface area contributed by atoms with Gasteiger partial charge in [0.2, 0.25) is 5.91 Å². The predicted molar refractivity (Wildman–Crippen MR) is 75.0 cm³/mol. The van der Waals surface area contributed by atoms with Crippen molar-refractivity contribution in [3.63, 3.8) is 0 Å². The van der Waals surface area contributed by atoms with E-state index in [0.29, 0.717) is 6.07 Å². The molecule has 1 amide bonds. The van der Waals surface area contributed by atoms with Crippen LogP contribution < -0.4 is 16.6 Å². The van der Waals surface area contributed by atoms with Gasteiger partial charge in [-0.2, -0.15) is 0 Å². The minimum atomic E-state index is -0.871. The maximum Gasteiger partial charge on any atom is 0.253 e. The van der Waals surface area contributed by atoms with E-state index in [1.165, 1.54) is 0 Å². The van der Waals surface area contributed by atoms with E-state index in [0.717, 1.165) is 30.0 Å².